The van der Waals surface area contributed by atoms with Crippen LogP contribution in [0.1, 0.15) is 46.5 Å². The zero-order valence-electron chi connectivity index (χ0n) is 10.3. The molecule has 0 aromatic rings. The summed E-state index contributed by atoms with van der Waals surface area (Å²) in [5.74, 6) is 4.92. The molecule has 0 aliphatic heterocycles. The lowest BCUT2D eigenvalue weighted by Crippen LogP contribution is -2.31. The lowest BCUT2D eigenvalue weighted by Gasteiger charge is -2.24. The van der Waals surface area contributed by atoms with Gasteiger partial charge in [-0.2, -0.15) is 0 Å². The molecule has 0 aliphatic carbocycles. The summed E-state index contributed by atoms with van der Waals surface area (Å²) in [6.07, 6.45) is 3.73. The Kier molecular flexibility index (Phi) is 8.33. The molecule has 4 heteroatoms. The van der Waals surface area contributed by atoms with Gasteiger partial charge in [0.2, 0.25) is 5.91 Å². The second-order valence-electron chi connectivity index (χ2n) is 4.10. The van der Waals surface area contributed by atoms with Crippen molar-refractivity contribution in [3.63, 3.8) is 0 Å². The van der Waals surface area contributed by atoms with Crippen LogP contribution >= 0.6 is 0 Å². The SMILES string of the molecule is CCN(CCCCCC(=O)NN)C(C)C. The lowest BCUT2D eigenvalue weighted by molar-refractivity contribution is -0.121. The lowest BCUT2D eigenvalue weighted by atomic mass is 10.1. The minimum absolute atomic E-state index is 0.0637. The number of unbranched alkanes of at least 4 members (excludes halogenated alkanes) is 2. The number of amides is 1. The number of hydrogen-bond donors (Lipinski definition) is 2. The number of hydrazine groups is 1. The molecule has 0 saturated heterocycles. The van der Waals surface area contributed by atoms with Crippen LogP contribution in [0, 0.1) is 0 Å². The maximum Gasteiger partial charge on any atom is 0.233 e. The summed E-state index contributed by atoms with van der Waals surface area (Å²) in [6.45, 7) is 8.83. The minimum atomic E-state index is -0.0637. The van der Waals surface area contributed by atoms with E-state index in [1.54, 1.807) is 0 Å². The summed E-state index contributed by atoms with van der Waals surface area (Å²) in [5.41, 5.74) is 2.14. The van der Waals surface area contributed by atoms with Crippen LogP contribution in [0.25, 0.3) is 0 Å². The van der Waals surface area contributed by atoms with Crippen LogP contribution in [0.3, 0.4) is 0 Å². The molecular weight excluding hydrogens is 190 g/mol. The average Bonchev–Trinajstić information content (AvgIpc) is 2.22. The Labute approximate surface area is 93.2 Å². The molecule has 0 unspecified atom stereocenters. The highest BCUT2D eigenvalue weighted by molar-refractivity contribution is 5.74. The van der Waals surface area contributed by atoms with E-state index in [2.05, 4.69) is 31.1 Å². The minimum Gasteiger partial charge on any atom is -0.301 e. The van der Waals surface area contributed by atoms with E-state index in [4.69, 9.17) is 5.84 Å². The molecule has 0 aromatic carbocycles. The van der Waals surface area contributed by atoms with Crippen LogP contribution in [0.2, 0.25) is 0 Å². The topological polar surface area (TPSA) is 58.4 Å². The van der Waals surface area contributed by atoms with Crippen LogP contribution in [0.15, 0.2) is 0 Å². The van der Waals surface area contributed by atoms with Crippen molar-refractivity contribution in [1.29, 1.82) is 0 Å². The summed E-state index contributed by atoms with van der Waals surface area (Å²) in [4.78, 5) is 13.3. The zero-order valence-corrected chi connectivity index (χ0v) is 10.3. The predicted octanol–water partition coefficient (Wildman–Crippen LogP) is 1.27. The van der Waals surface area contributed by atoms with Gasteiger partial charge < -0.3 is 4.90 Å². The Morgan fingerprint density at radius 2 is 2.00 bits per heavy atom. The highest BCUT2D eigenvalue weighted by Crippen LogP contribution is 2.04. The fourth-order valence-corrected chi connectivity index (χ4v) is 1.63. The van der Waals surface area contributed by atoms with Crippen LogP contribution in [-0.4, -0.2) is 29.9 Å². The first-order valence-corrected chi connectivity index (χ1v) is 5.85. The first-order valence-electron chi connectivity index (χ1n) is 5.85. The van der Waals surface area contributed by atoms with Gasteiger partial charge in [-0.05, 0) is 39.8 Å². The summed E-state index contributed by atoms with van der Waals surface area (Å²) in [6, 6.07) is 0.613. The van der Waals surface area contributed by atoms with Gasteiger partial charge in [-0.3, -0.25) is 10.2 Å². The molecule has 1 amide bonds. The Bertz CT molecular complexity index is 171. The van der Waals surface area contributed by atoms with Gasteiger partial charge in [0, 0.05) is 12.5 Å². The molecule has 0 saturated carbocycles. The third-order valence-corrected chi connectivity index (χ3v) is 2.65. The molecule has 15 heavy (non-hydrogen) atoms. The number of carbonyl (C=O) groups excluding carboxylic acids is 1. The van der Waals surface area contributed by atoms with E-state index in [0.717, 1.165) is 32.4 Å². The van der Waals surface area contributed by atoms with Crippen LogP contribution < -0.4 is 11.3 Å². The first-order chi connectivity index (χ1) is 7.11. The van der Waals surface area contributed by atoms with Crippen molar-refractivity contribution < 1.29 is 4.79 Å². The molecule has 3 N–H and O–H groups in total. The molecule has 0 rings (SSSR count). The summed E-state index contributed by atoms with van der Waals surface area (Å²) in [7, 11) is 0. The van der Waals surface area contributed by atoms with Gasteiger partial charge in [0.05, 0.1) is 0 Å². The first kappa shape index (κ1) is 14.4. The Hall–Kier alpha value is -0.610. The van der Waals surface area contributed by atoms with Gasteiger partial charge in [-0.15, -0.1) is 0 Å². The maximum atomic E-state index is 10.8. The van der Waals surface area contributed by atoms with E-state index in [0.29, 0.717) is 12.5 Å². The molecule has 90 valence electrons. The van der Waals surface area contributed by atoms with Gasteiger partial charge in [0.15, 0.2) is 0 Å². The molecule has 0 bridgehead atoms. The summed E-state index contributed by atoms with van der Waals surface area (Å²) in [5, 5.41) is 0. The molecule has 0 atom stereocenters. The summed E-state index contributed by atoms with van der Waals surface area (Å²) >= 11 is 0. The Balaban J connectivity index is 3.40. The highest BCUT2D eigenvalue weighted by atomic mass is 16.2. The third kappa shape index (κ3) is 7.33. The van der Waals surface area contributed by atoms with Gasteiger partial charge in [-0.25, -0.2) is 5.84 Å². The number of rotatable bonds is 8. The fourth-order valence-electron chi connectivity index (χ4n) is 1.63. The van der Waals surface area contributed by atoms with E-state index in [9.17, 15) is 4.79 Å². The second-order valence-corrected chi connectivity index (χ2v) is 4.10. The van der Waals surface area contributed by atoms with Gasteiger partial charge in [-0.1, -0.05) is 13.3 Å². The molecule has 0 fully saturated rings. The fraction of sp³-hybridized carbons (Fsp3) is 0.909. The van der Waals surface area contributed by atoms with E-state index < -0.39 is 0 Å². The monoisotopic (exact) mass is 215 g/mol. The second kappa shape index (κ2) is 8.68. The van der Waals surface area contributed by atoms with Crippen molar-refractivity contribution in [1.82, 2.24) is 10.3 Å². The molecule has 0 heterocycles. The number of nitrogens with zero attached hydrogens (tertiary/aromatic N) is 1. The van der Waals surface area contributed by atoms with Crippen molar-refractivity contribution in [2.75, 3.05) is 13.1 Å². The van der Waals surface area contributed by atoms with Crippen molar-refractivity contribution in [2.45, 2.75) is 52.5 Å². The van der Waals surface area contributed by atoms with Crippen molar-refractivity contribution in [3.8, 4) is 0 Å². The van der Waals surface area contributed by atoms with Crippen LogP contribution in [0.5, 0.6) is 0 Å². The van der Waals surface area contributed by atoms with Gasteiger partial charge in [0.1, 0.15) is 0 Å². The Morgan fingerprint density at radius 3 is 2.47 bits per heavy atom. The predicted molar refractivity (Wildman–Crippen MR) is 63.2 cm³/mol. The molecule has 0 aliphatic rings. The number of hydrogen-bond acceptors (Lipinski definition) is 3. The van der Waals surface area contributed by atoms with E-state index >= 15 is 0 Å². The number of nitrogens with two attached hydrogens (primary N) is 1. The van der Waals surface area contributed by atoms with E-state index in [-0.39, 0.29) is 5.91 Å². The van der Waals surface area contributed by atoms with E-state index in [1.165, 1.54) is 0 Å². The van der Waals surface area contributed by atoms with Crippen molar-refractivity contribution in [2.24, 2.45) is 5.84 Å². The standard InChI is InChI=1S/C11H25N3O/c1-4-14(10(2)3)9-7-5-6-8-11(15)13-12/h10H,4-9,12H2,1-3H3,(H,13,15). The molecular formula is C11H25N3O. The largest absolute Gasteiger partial charge is 0.301 e. The molecule has 0 aromatic heterocycles. The maximum absolute atomic E-state index is 10.8. The average molecular weight is 215 g/mol. The molecule has 0 radical (unpaired) electrons. The van der Waals surface area contributed by atoms with Gasteiger partial charge in [0.25, 0.3) is 0 Å². The van der Waals surface area contributed by atoms with Crippen LogP contribution in [0.4, 0.5) is 0 Å². The van der Waals surface area contributed by atoms with Crippen LogP contribution in [-0.2, 0) is 4.79 Å². The van der Waals surface area contributed by atoms with Crippen molar-refractivity contribution >= 4 is 5.91 Å². The third-order valence-electron chi connectivity index (χ3n) is 2.65. The molecule has 4 nitrogen and oxygen atoms in total. The number of nitrogens with one attached hydrogen (secondary N) is 1. The normalized spacial score (nSPS) is 11.1. The smallest absolute Gasteiger partial charge is 0.233 e. The highest BCUT2D eigenvalue weighted by Gasteiger charge is 2.05. The van der Waals surface area contributed by atoms with E-state index in [1.807, 2.05) is 0 Å². The Morgan fingerprint density at radius 1 is 1.33 bits per heavy atom. The van der Waals surface area contributed by atoms with Crippen molar-refractivity contribution in [3.05, 3.63) is 0 Å². The summed E-state index contributed by atoms with van der Waals surface area (Å²) < 4.78 is 0. The number of carbonyl (C=O) groups is 1. The zero-order chi connectivity index (χ0) is 11.7. The molecule has 0 spiro atoms. The van der Waals surface area contributed by atoms with Gasteiger partial charge >= 0.3 is 0 Å². The quantitative estimate of drug-likeness (QED) is 0.277.